The molecule has 0 aliphatic carbocycles. The maximum Gasteiger partial charge on any atom is 0.0989 e. The molecule has 0 radical (unpaired) electrons. The number of aromatic nitrogens is 1. The summed E-state index contributed by atoms with van der Waals surface area (Å²) in [4.78, 5) is 0. The third kappa shape index (κ3) is 1.46. The van der Waals surface area contributed by atoms with Gasteiger partial charge in [-0.05, 0) is 32.9 Å². The molecule has 1 heterocycles. The van der Waals surface area contributed by atoms with Crippen LogP contribution in [0.25, 0.3) is 0 Å². The molecule has 0 saturated heterocycles. The summed E-state index contributed by atoms with van der Waals surface area (Å²) in [6.45, 7) is 5.61. The largest absolute Gasteiger partial charge is 0.384 e. The van der Waals surface area contributed by atoms with Gasteiger partial charge < -0.3 is 9.67 Å². The summed E-state index contributed by atoms with van der Waals surface area (Å²) >= 11 is 0. The fraction of sp³-hybridized carbons (Fsp3) is 0.556. The predicted molar refractivity (Wildman–Crippen MR) is 45.4 cm³/mol. The van der Waals surface area contributed by atoms with Gasteiger partial charge in [0.2, 0.25) is 0 Å². The second kappa shape index (κ2) is 2.38. The quantitative estimate of drug-likeness (QED) is 0.650. The summed E-state index contributed by atoms with van der Waals surface area (Å²) in [5.41, 5.74) is 1.39. The van der Waals surface area contributed by atoms with Gasteiger partial charge in [-0.15, -0.1) is 0 Å². The second-order valence-electron chi connectivity index (χ2n) is 3.48. The summed E-state index contributed by atoms with van der Waals surface area (Å²) < 4.78 is 2.00. The van der Waals surface area contributed by atoms with E-state index in [0.717, 1.165) is 5.69 Å². The Bertz CT molecular complexity index is 255. The third-order valence-corrected chi connectivity index (χ3v) is 2.00. The number of hydrogen-bond acceptors (Lipinski definition) is 1. The Labute approximate surface area is 67.5 Å². The molecule has 0 fully saturated rings. The summed E-state index contributed by atoms with van der Waals surface area (Å²) in [6, 6.07) is 3.96. The first-order valence-corrected chi connectivity index (χ1v) is 3.78. The lowest BCUT2D eigenvalue weighted by Gasteiger charge is -2.18. The van der Waals surface area contributed by atoms with Gasteiger partial charge in [-0.1, -0.05) is 0 Å². The lowest BCUT2D eigenvalue weighted by Crippen LogP contribution is -2.19. The predicted octanol–water partition coefficient (Wildman–Crippen LogP) is 1.56. The van der Waals surface area contributed by atoms with E-state index in [2.05, 4.69) is 0 Å². The summed E-state index contributed by atoms with van der Waals surface area (Å²) in [5, 5.41) is 9.66. The molecule has 1 N–H and O–H groups in total. The lowest BCUT2D eigenvalue weighted by atomic mass is 10.1. The molecular weight excluding hydrogens is 138 g/mol. The standard InChI is InChI=1S/C9H15NO/c1-7-5-6-8(10(7)4)9(2,3)11/h5-6,11H,1-4H3. The van der Waals surface area contributed by atoms with E-state index in [9.17, 15) is 5.11 Å². The Morgan fingerprint density at radius 2 is 1.91 bits per heavy atom. The Kier molecular flexibility index (Phi) is 1.80. The van der Waals surface area contributed by atoms with Crippen LogP contribution in [0.2, 0.25) is 0 Å². The van der Waals surface area contributed by atoms with E-state index in [-0.39, 0.29) is 0 Å². The molecule has 0 atom stereocenters. The van der Waals surface area contributed by atoms with E-state index < -0.39 is 5.60 Å². The number of aryl methyl sites for hydroxylation is 1. The fourth-order valence-electron chi connectivity index (χ4n) is 1.23. The number of nitrogens with zero attached hydrogens (tertiary/aromatic N) is 1. The van der Waals surface area contributed by atoms with Crippen molar-refractivity contribution in [2.24, 2.45) is 7.05 Å². The summed E-state index contributed by atoms with van der Waals surface area (Å²) in [5.74, 6) is 0. The van der Waals surface area contributed by atoms with Crippen molar-refractivity contribution >= 4 is 0 Å². The maximum atomic E-state index is 9.66. The third-order valence-electron chi connectivity index (χ3n) is 2.00. The van der Waals surface area contributed by atoms with Crippen LogP contribution in [0.1, 0.15) is 25.2 Å². The first-order valence-electron chi connectivity index (χ1n) is 3.78. The van der Waals surface area contributed by atoms with Crippen molar-refractivity contribution in [2.45, 2.75) is 26.4 Å². The molecule has 2 nitrogen and oxygen atoms in total. The van der Waals surface area contributed by atoms with Crippen LogP contribution in [0.3, 0.4) is 0 Å². The van der Waals surface area contributed by atoms with Gasteiger partial charge in [-0.3, -0.25) is 0 Å². The molecular formula is C9H15NO. The van der Waals surface area contributed by atoms with Crippen molar-refractivity contribution in [1.29, 1.82) is 0 Å². The van der Waals surface area contributed by atoms with Crippen LogP contribution in [-0.2, 0) is 12.6 Å². The molecule has 1 aromatic rings. The van der Waals surface area contributed by atoms with Gasteiger partial charge in [0, 0.05) is 18.4 Å². The molecule has 0 unspecified atom stereocenters. The molecule has 1 aromatic heterocycles. The molecule has 0 aromatic carbocycles. The van der Waals surface area contributed by atoms with Gasteiger partial charge in [-0.25, -0.2) is 0 Å². The zero-order chi connectivity index (χ0) is 8.65. The Morgan fingerprint density at radius 1 is 1.36 bits per heavy atom. The van der Waals surface area contributed by atoms with Crippen molar-refractivity contribution < 1.29 is 5.11 Å². The van der Waals surface area contributed by atoms with Crippen LogP contribution in [0.15, 0.2) is 12.1 Å². The van der Waals surface area contributed by atoms with Crippen molar-refractivity contribution in [2.75, 3.05) is 0 Å². The topological polar surface area (TPSA) is 25.2 Å². The Balaban J connectivity index is 3.15. The normalized spacial score (nSPS) is 12.1. The SMILES string of the molecule is Cc1ccc(C(C)(C)O)n1C. The van der Waals surface area contributed by atoms with Crippen molar-refractivity contribution in [3.05, 3.63) is 23.5 Å². The molecule has 1 rings (SSSR count). The van der Waals surface area contributed by atoms with E-state index in [4.69, 9.17) is 0 Å². The number of aliphatic hydroxyl groups is 1. The minimum absolute atomic E-state index is 0.733. The molecule has 62 valence electrons. The minimum Gasteiger partial charge on any atom is -0.384 e. The maximum absolute atomic E-state index is 9.66. The number of rotatable bonds is 1. The van der Waals surface area contributed by atoms with Gasteiger partial charge in [-0.2, -0.15) is 0 Å². The summed E-state index contributed by atoms with van der Waals surface area (Å²) in [7, 11) is 1.96. The van der Waals surface area contributed by atoms with E-state index in [1.165, 1.54) is 5.69 Å². The molecule has 0 aliphatic heterocycles. The van der Waals surface area contributed by atoms with Crippen molar-refractivity contribution in [3.8, 4) is 0 Å². The van der Waals surface area contributed by atoms with Crippen LogP contribution in [0.4, 0.5) is 0 Å². The molecule has 0 saturated carbocycles. The Hall–Kier alpha value is -0.760. The van der Waals surface area contributed by atoms with Gasteiger partial charge >= 0.3 is 0 Å². The first kappa shape index (κ1) is 8.34. The van der Waals surface area contributed by atoms with Gasteiger partial charge in [0.25, 0.3) is 0 Å². The van der Waals surface area contributed by atoms with Crippen LogP contribution in [0.5, 0.6) is 0 Å². The molecule has 0 aliphatic rings. The van der Waals surface area contributed by atoms with Gasteiger partial charge in [0.15, 0.2) is 0 Å². The molecule has 0 amide bonds. The minimum atomic E-state index is -0.733. The molecule has 0 spiro atoms. The van der Waals surface area contributed by atoms with E-state index in [0.29, 0.717) is 0 Å². The second-order valence-corrected chi connectivity index (χ2v) is 3.48. The van der Waals surface area contributed by atoms with Crippen LogP contribution in [0, 0.1) is 6.92 Å². The van der Waals surface area contributed by atoms with Crippen LogP contribution in [-0.4, -0.2) is 9.67 Å². The summed E-state index contributed by atoms with van der Waals surface area (Å²) in [6.07, 6.45) is 0. The van der Waals surface area contributed by atoms with Gasteiger partial charge in [0.05, 0.1) is 5.60 Å². The fourth-order valence-corrected chi connectivity index (χ4v) is 1.23. The van der Waals surface area contributed by atoms with Crippen molar-refractivity contribution in [3.63, 3.8) is 0 Å². The lowest BCUT2D eigenvalue weighted by molar-refractivity contribution is 0.0706. The van der Waals surface area contributed by atoms with E-state index >= 15 is 0 Å². The van der Waals surface area contributed by atoms with Gasteiger partial charge in [0.1, 0.15) is 0 Å². The molecule has 11 heavy (non-hydrogen) atoms. The monoisotopic (exact) mass is 153 g/mol. The molecule has 0 bridgehead atoms. The highest BCUT2D eigenvalue weighted by Gasteiger charge is 2.19. The van der Waals surface area contributed by atoms with E-state index in [1.54, 1.807) is 13.8 Å². The van der Waals surface area contributed by atoms with Crippen LogP contribution >= 0.6 is 0 Å². The Morgan fingerprint density at radius 3 is 2.09 bits per heavy atom. The van der Waals surface area contributed by atoms with E-state index in [1.807, 2.05) is 30.7 Å². The van der Waals surface area contributed by atoms with Crippen molar-refractivity contribution in [1.82, 2.24) is 4.57 Å². The first-order chi connectivity index (χ1) is 4.93. The smallest absolute Gasteiger partial charge is 0.0989 e. The zero-order valence-electron chi connectivity index (χ0n) is 7.55. The average molecular weight is 153 g/mol. The number of hydrogen-bond donors (Lipinski definition) is 1. The highest BCUT2D eigenvalue weighted by atomic mass is 16.3. The van der Waals surface area contributed by atoms with Crippen LogP contribution < -0.4 is 0 Å². The molecule has 2 heteroatoms. The highest BCUT2D eigenvalue weighted by Crippen LogP contribution is 2.20. The zero-order valence-corrected chi connectivity index (χ0v) is 7.55. The average Bonchev–Trinajstić information content (AvgIpc) is 2.11. The highest BCUT2D eigenvalue weighted by molar-refractivity contribution is 5.19.